The Bertz CT molecular complexity index is 411. The van der Waals surface area contributed by atoms with Crippen LogP contribution in [0.1, 0.15) is 12.5 Å². The van der Waals surface area contributed by atoms with Crippen LogP contribution in [-0.4, -0.2) is 29.1 Å². The molecule has 0 aromatic heterocycles. The van der Waals surface area contributed by atoms with Crippen LogP contribution in [0, 0.1) is 5.21 Å². The van der Waals surface area contributed by atoms with Crippen LogP contribution >= 0.6 is 0 Å². The van der Waals surface area contributed by atoms with Crippen molar-refractivity contribution in [1.29, 1.82) is 0 Å². The topological polar surface area (TPSA) is 52.4 Å². The maximum atomic E-state index is 11.7. The molecule has 1 aliphatic heterocycles. The standard InChI is InChI=1S/C11H11NO3/c1-8-7-15-11(13)10(12(8)14)9-5-3-2-4-6-9/h2-6,8H,7H2,1H3/t8-/m0/s1. The minimum atomic E-state index is -0.547. The highest BCUT2D eigenvalue weighted by Gasteiger charge is 2.32. The van der Waals surface area contributed by atoms with Crippen molar-refractivity contribution in [3.05, 3.63) is 41.1 Å². The lowest BCUT2D eigenvalue weighted by Gasteiger charge is -2.20. The summed E-state index contributed by atoms with van der Waals surface area (Å²) in [7, 11) is 0. The molecule has 78 valence electrons. The molecule has 0 saturated heterocycles. The summed E-state index contributed by atoms with van der Waals surface area (Å²) in [6.07, 6.45) is 0. The van der Waals surface area contributed by atoms with Crippen LogP contribution in [0.3, 0.4) is 0 Å². The molecule has 0 amide bonds. The summed E-state index contributed by atoms with van der Waals surface area (Å²) in [5.41, 5.74) is 0.693. The summed E-state index contributed by atoms with van der Waals surface area (Å²) in [6.45, 7) is 1.88. The first-order chi connectivity index (χ1) is 7.20. The third kappa shape index (κ3) is 1.70. The molecular formula is C11H11NO3. The molecule has 0 radical (unpaired) electrons. The number of carbonyl (C=O) groups excluding carboxylic acids is 1. The zero-order valence-corrected chi connectivity index (χ0v) is 8.34. The molecule has 4 heteroatoms. The minimum Gasteiger partial charge on any atom is -0.623 e. The number of hydroxylamine groups is 1. The van der Waals surface area contributed by atoms with Crippen molar-refractivity contribution in [2.24, 2.45) is 0 Å². The third-order valence-corrected chi connectivity index (χ3v) is 2.32. The van der Waals surface area contributed by atoms with Crippen LogP contribution in [0.15, 0.2) is 30.3 Å². The molecule has 0 saturated carbocycles. The maximum Gasteiger partial charge on any atom is 0.405 e. The lowest BCUT2D eigenvalue weighted by molar-refractivity contribution is -0.504. The van der Waals surface area contributed by atoms with Gasteiger partial charge in [0.25, 0.3) is 0 Å². The predicted octanol–water partition coefficient (Wildman–Crippen LogP) is 0.931. The number of cyclic esters (lactones) is 1. The van der Waals surface area contributed by atoms with Crippen molar-refractivity contribution >= 4 is 11.7 Å². The molecule has 0 unspecified atom stereocenters. The largest absolute Gasteiger partial charge is 0.623 e. The molecular weight excluding hydrogens is 194 g/mol. The smallest absolute Gasteiger partial charge is 0.405 e. The Kier molecular flexibility index (Phi) is 2.41. The zero-order chi connectivity index (χ0) is 10.8. The van der Waals surface area contributed by atoms with E-state index in [9.17, 15) is 10.0 Å². The minimum absolute atomic E-state index is 0.0920. The van der Waals surface area contributed by atoms with Gasteiger partial charge in [-0.3, -0.25) is 0 Å². The Morgan fingerprint density at radius 3 is 2.73 bits per heavy atom. The van der Waals surface area contributed by atoms with Gasteiger partial charge >= 0.3 is 11.7 Å². The van der Waals surface area contributed by atoms with Crippen molar-refractivity contribution in [1.82, 2.24) is 0 Å². The van der Waals surface area contributed by atoms with E-state index in [2.05, 4.69) is 0 Å². The first-order valence-corrected chi connectivity index (χ1v) is 4.76. The first-order valence-electron chi connectivity index (χ1n) is 4.76. The molecule has 1 aromatic rings. The van der Waals surface area contributed by atoms with Gasteiger partial charge in [0.1, 0.15) is 0 Å². The van der Waals surface area contributed by atoms with Gasteiger partial charge in [-0.1, -0.05) is 18.2 Å². The summed E-state index contributed by atoms with van der Waals surface area (Å²) in [5, 5.41) is 11.7. The lowest BCUT2D eigenvalue weighted by Crippen LogP contribution is -2.41. The Morgan fingerprint density at radius 1 is 1.40 bits per heavy atom. The number of hydrogen-bond acceptors (Lipinski definition) is 3. The van der Waals surface area contributed by atoms with Gasteiger partial charge in [-0.15, -0.1) is 0 Å². The fourth-order valence-electron chi connectivity index (χ4n) is 1.48. The van der Waals surface area contributed by atoms with E-state index >= 15 is 0 Å². The first kappa shape index (κ1) is 9.71. The molecule has 1 aliphatic rings. The number of esters is 1. The van der Waals surface area contributed by atoms with Crippen molar-refractivity contribution in [3.63, 3.8) is 0 Å². The Balaban J connectivity index is 2.50. The molecule has 15 heavy (non-hydrogen) atoms. The average Bonchev–Trinajstić information content (AvgIpc) is 2.26. The van der Waals surface area contributed by atoms with Gasteiger partial charge in [-0.05, 0) is 12.1 Å². The zero-order valence-electron chi connectivity index (χ0n) is 8.34. The van der Waals surface area contributed by atoms with E-state index < -0.39 is 5.97 Å². The second-order valence-electron chi connectivity index (χ2n) is 3.49. The van der Waals surface area contributed by atoms with Gasteiger partial charge in [0.05, 0.1) is 5.56 Å². The predicted molar refractivity (Wildman–Crippen MR) is 54.6 cm³/mol. The Morgan fingerprint density at radius 2 is 2.07 bits per heavy atom. The van der Waals surface area contributed by atoms with Crippen LogP contribution < -0.4 is 0 Å². The Labute approximate surface area is 87.4 Å². The van der Waals surface area contributed by atoms with Crippen LogP contribution in [-0.2, 0) is 9.53 Å². The van der Waals surface area contributed by atoms with Gasteiger partial charge in [0, 0.05) is 6.92 Å². The SMILES string of the molecule is C[C@H]1COC(=O)C(c2ccccc2)=[N+]1[O-]. The second kappa shape index (κ2) is 3.73. The van der Waals surface area contributed by atoms with Gasteiger partial charge in [-0.2, -0.15) is 4.74 Å². The van der Waals surface area contributed by atoms with Crippen LogP contribution in [0.4, 0.5) is 0 Å². The van der Waals surface area contributed by atoms with Crippen molar-refractivity contribution in [2.45, 2.75) is 13.0 Å². The van der Waals surface area contributed by atoms with Crippen molar-refractivity contribution in [3.8, 4) is 0 Å². The molecule has 0 aliphatic carbocycles. The molecule has 1 atom stereocenters. The molecule has 0 bridgehead atoms. The van der Waals surface area contributed by atoms with Gasteiger partial charge in [0.15, 0.2) is 12.6 Å². The fraction of sp³-hybridized carbons (Fsp3) is 0.273. The van der Waals surface area contributed by atoms with Crippen LogP contribution in [0.25, 0.3) is 0 Å². The van der Waals surface area contributed by atoms with E-state index in [4.69, 9.17) is 4.74 Å². The number of hydrogen-bond donors (Lipinski definition) is 0. The monoisotopic (exact) mass is 205 g/mol. The van der Waals surface area contributed by atoms with Gasteiger partial charge < -0.3 is 9.94 Å². The van der Waals surface area contributed by atoms with Gasteiger partial charge in [0.2, 0.25) is 0 Å². The summed E-state index contributed by atoms with van der Waals surface area (Å²) in [5.74, 6) is -0.547. The van der Waals surface area contributed by atoms with Crippen LogP contribution in [0.5, 0.6) is 0 Å². The summed E-state index contributed by atoms with van der Waals surface area (Å²) >= 11 is 0. The number of benzene rings is 1. The maximum absolute atomic E-state index is 11.7. The normalized spacial score (nSPS) is 21.4. The molecule has 1 heterocycles. The summed E-state index contributed by atoms with van der Waals surface area (Å²) in [6, 6.07) is 8.51. The van der Waals surface area contributed by atoms with E-state index in [1.54, 1.807) is 31.2 Å². The van der Waals surface area contributed by atoms with E-state index in [0.29, 0.717) is 5.56 Å². The number of nitrogens with zero attached hydrogens (tertiary/aromatic N) is 1. The summed E-state index contributed by atoms with van der Waals surface area (Å²) in [4.78, 5) is 11.4. The third-order valence-electron chi connectivity index (χ3n) is 2.32. The van der Waals surface area contributed by atoms with E-state index in [0.717, 1.165) is 4.74 Å². The lowest BCUT2D eigenvalue weighted by atomic mass is 10.1. The fourth-order valence-corrected chi connectivity index (χ4v) is 1.48. The summed E-state index contributed by atoms with van der Waals surface area (Å²) < 4.78 is 5.63. The highest BCUT2D eigenvalue weighted by atomic mass is 16.6. The molecule has 0 N–H and O–H groups in total. The number of rotatable bonds is 1. The number of carbonyl (C=O) groups is 1. The molecule has 4 nitrogen and oxygen atoms in total. The Hall–Kier alpha value is -1.84. The molecule has 1 aromatic carbocycles. The second-order valence-corrected chi connectivity index (χ2v) is 3.49. The highest BCUT2D eigenvalue weighted by molar-refractivity contribution is 6.41. The highest BCUT2D eigenvalue weighted by Crippen LogP contribution is 2.09. The van der Waals surface area contributed by atoms with Crippen molar-refractivity contribution < 1.29 is 14.3 Å². The van der Waals surface area contributed by atoms with Crippen LogP contribution in [0.2, 0.25) is 0 Å². The molecule has 2 rings (SSSR count). The van der Waals surface area contributed by atoms with Crippen molar-refractivity contribution in [2.75, 3.05) is 6.61 Å². The van der Waals surface area contributed by atoms with E-state index in [-0.39, 0.29) is 18.4 Å². The number of ether oxygens (including phenoxy) is 1. The van der Waals surface area contributed by atoms with E-state index in [1.807, 2.05) is 6.07 Å². The quantitative estimate of drug-likeness (QED) is 0.389. The average molecular weight is 205 g/mol. The van der Waals surface area contributed by atoms with Gasteiger partial charge in [-0.25, -0.2) is 4.79 Å². The molecule has 0 spiro atoms. The molecule has 0 fully saturated rings. The van der Waals surface area contributed by atoms with E-state index in [1.165, 1.54) is 0 Å².